The smallest absolute Gasteiger partial charge is 0.186 e. The zero-order valence-corrected chi connectivity index (χ0v) is 18.2. The lowest BCUT2D eigenvalue weighted by atomic mass is 10.1. The van der Waals surface area contributed by atoms with E-state index in [1.165, 1.54) is 57.8 Å². The van der Waals surface area contributed by atoms with Crippen molar-refractivity contribution in [1.82, 2.24) is 10.7 Å². The molecule has 0 fully saturated rings. The van der Waals surface area contributed by atoms with Crippen molar-refractivity contribution in [3.05, 3.63) is 28.2 Å². The van der Waals surface area contributed by atoms with Crippen molar-refractivity contribution in [1.29, 1.82) is 0 Å². The second-order valence-corrected chi connectivity index (χ2v) is 7.83. The highest BCUT2D eigenvalue weighted by atomic mass is 79.9. The van der Waals surface area contributed by atoms with Gasteiger partial charge in [-0.3, -0.25) is 5.43 Å². The van der Waals surface area contributed by atoms with E-state index in [4.69, 9.17) is 12.2 Å². The third-order valence-electron chi connectivity index (χ3n) is 4.18. The molecule has 0 bridgehead atoms. The lowest BCUT2D eigenvalue weighted by molar-refractivity contribution is 0.474. The third kappa shape index (κ3) is 11.5. The normalized spacial score (nSPS) is 11.0. The molecule has 0 atom stereocenters. The van der Waals surface area contributed by atoms with Gasteiger partial charge in [-0.05, 0) is 36.8 Å². The van der Waals surface area contributed by atoms with Crippen LogP contribution in [-0.4, -0.2) is 23.0 Å². The average Bonchev–Trinajstić information content (AvgIpc) is 2.62. The first-order chi connectivity index (χ1) is 12.6. The number of phenolic OH excluding ortho intramolecular Hbond substituents is 1. The summed E-state index contributed by atoms with van der Waals surface area (Å²) in [6.07, 6.45) is 14.8. The van der Waals surface area contributed by atoms with Crippen LogP contribution in [0, 0.1) is 0 Å². The van der Waals surface area contributed by atoms with Gasteiger partial charge in [-0.2, -0.15) is 5.10 Å². The van der Waals surface area contributed by atoms with Gasteiger partial charge in [0.15, 0.2) is 5.11 Å². The number of thiocarbonyl (C=S) groups is 1. The molecule has 0 saturated carbocycles. The molecule has 146 valence electrons. The predicted molar refractivity (Wildman–Crippen MR) is 119 cm³/mol. The molecule has 1 aromatic carbocycles. The minimum Gasteiger partial charge on any atom is -0.507 e. The molecule has 0 radical (unpaired) electrons. The van der Waals surface area contributed by atoms with Gasteiger partial charge in [0.05, 0.1) is 6.21 Å². The Morgan fingerprint density at radius 3 is 2.35 bits per heavy atom. The second-order valence-electron chi connectivity index (χ2n) is 6.51. The molecule has 26 heavy (non-hydrogen) atoms. The molecule has 0 aliphatic rings. The molecule has 0 heterocycles. The van der Waals surface area contributed by atoms with Gasteiger partial charge in [0.25, 0.3) is 0 Å². The topological polar surface area (TPSA) is 56.7 Å². The van der Waals surface area contributed by atoms with Crippen LogP contribution < -0.4 is 10.7 Å². The summed E-state index contributed by atoms with van der Waals surface area (Å²) in [5.41, 5.74) is 3.41. The van der Waals surface area contributed by atoms with Crippen LogP contribution in [0.15, 0.2) is 27.8 Å². The maximum Gasteiger partial charge on any atom is 0.186 e. The van der Waals surface area contributed by atoms with E-state index in [0.717, 1.165) is 17.4 Å². The van der Waals surface area contributed by atoms with Crippen LogP contribution in [0.1, 0.15) is 76.7 Å². The van der Waals surface area contributed by atoms with E-state index in [-0.39, 0.29) is 5.75 Å². The van der Waals surface area contributed by atoms with Crippen LogP contribution in [0.3, 0.4) is 0 Å². The molecular weight excluding hydrogens is 410 g/mol. The van der Waals surface area contributed by atoms with Gasteiger partial charge in [-0.25, -0.2) is 0 Å². The number of halogens is 1. The number of rotatable bonds is 13. The first kappa shape index (κ1) is 22.9. The Hall–Kier alpha value is -1.14. The van der Waals surface area contributed by atoms with Gasteiger partial charge >= 0.3 is 0 Å². The highest BCUT2D eigenvalue weighted by Gasteiger charge is 1.99. The van der Waals surface area contributed by atoms with E-state index >= 15 is 0 Å². The van der Waals surface area contributed by atoms with Gasteiger partial charge in [0.2, 0.25) is 0 Å². The van der Waals surface area contributed by atoms with E-state index in [9.17, 15) is 5.11 Å². The Bertz CT molecular complexity index is 552. The Labute approximate surface area is 172 Å². The minimum atomic E-state index is 0.183. The van der Waals surface area contributed by atoms with Gasteiger partial charge < -0.3 is 10.4 Å². The predicted octanol–water partition coefficient (Wildman–Crippen LogP) is 5.87. The van der Waals surface area contributed by atoms with Crippen LogP contribution in [0.4, 0.5) is 0 Å². The van der Waals surface area contributed by atoms with Crippen molar-refractivity contribution in [2.45, 2.75) is 71.1 Å². The summed E-state index contributed by atoms with van der Waals surface area (Å²) in [6.45, 7) is 3.12. The van der Waals surface area contributed by atoms with E-state index in [1.54, 1.807) is 24.4 Å². The Kier molecular flexibility index (Phi) is 13.2. The quantitative estimate of drug-likeness (QED) is 0.155. The SMILES string of the molecule is CCCCCCCCCCCCNC(=S)NN=Cc1cc(Br)ccc1O. The number of nitrogens with one attached hydrogen (secondary N) is 2. The van der Waals surface area contributed by atoms with Gasteiger partial charge in [0.1, 0.15) is 5.75 Å². The molecule has 0 aliphatic carbocycles. The fraction of sp³-hybridized carbons (Fsp3) is 0.600. The molecule has 0 aliphatic heterocycles. The third-order valence-corrected chi connectivity index (χ3v) is 4.90. The van der Waals surface area contributed by atoms with Crippen LogP contribution in [0.5, 0.6) is 5.75 Å². The van der Waals surface area contributed by atoms with Crippen molar-refractivity contribution in [2.75, 3.05) is 6.54 Å². The summed E-state index contributed by atoms with van der Waals surface area (Å²) in [6, 6.07) is 5.19. The van der Waals surface area contributed by atoms with Crippen molar-refractivity contribution >= 4 is 39.5 Å². The lowest BCUT2D eigenvalue weighted by Gasteiger charge is -2.07. The highest BCUT2D eigenvalue weighted by Crippen LogP contribution is 2.19. The molecular formula is C20H32BrN3OS. The average molecular weight is 442 g/mol. The van der Waals surface area contributed by atoms with Gasteiger partial charge in [-0.15, -0.1) is 0 Å². The number of nitrogens with zero attached hydrogens (tertiary/aromatic N) is 1. The maximum atomic E-state index is 9.73. The van der Waals surface area contributed by atoms with Gasteiger partial charge in [0, 0.05) is 16.6 Å². The van der Waals surface area contributed by atoms with Crippen molar-refractivity contribution in [2.24, 2.45) is 5.10 Å². The van der Waals surface area contributed by atoms with E-state index in [0.29, 0.717) is 10.7 Å². The van der Waals surface area contributed by atoms with Crippen molar-refractivity contribution in [3.63, 3.8) is 0 Å². The van der Waals surface area contributed by atoms with E-state index in [1.807, 2.05) is 0 Å². The zero-order chi connectivity index (χ0) is 19.0. The Morgan fingerprint density at radius 1 is 1.08 bits per heavy atom. The zero-order valence-electron chi connectivity index (χ0n) is 15.8. The first-order valence-electron chi connectivity index (χ1n) is 9.69. The standard InChI is InChI=1S/C20H32BrN3OS/c1-2-3-4-5-6-7-8-9-10-11-14-22-20(26)24-23-16-17-15-18(21)12-13-19(17)25/h12-13,15-16,25H,2-11,14H2,1H3,(H2,22,24,26). The molecule has 6 heteroatoms. The van der Waals surface area contributed by atoms with Crippen LogP contribution in [0.25, 0.3) is 0 Å². The fourth-order valence-corrected chi connectivity index (χ4v) is 3.18. The number of phenols is 1. The molecule has 1 aromatic rings. The second kappa shape index (κ2) is 15.0. The number of aromatic hydroxyl groups is 1. The van der Waals surface area contributed by atoms with Crippen molar-refractivity contribution in [3.8, 4) is 5.75 Å². The number of hydrogen-bond acceptors (Lipinski definition) is 3. The molecule has 0 unspecified atom stereocenters. The number of hydrogen-bond donors (Lipinski definition) is 3. The summed E-state index contributed by atoms with van der Waals surface area (Å²) in [7, 11) is 0. The van der Waals surface area contributed by atoms with E-state index in [2.05, 4.69) is 38.7 Å². The molecule has 3 N–H and O–H groups in total. The largest absolute Gasteiger partial charge is 0.507 e. The summed E-state index contributed by atoms with van der Waals surface area (Å²) in [4.78, 5) is 0. The summed E-state index contributed by atoms with van der Waals surface area (Å²) in [5.74, 6) is 0.183. The fourth-order valence-electron chi connectivity index (χ4n) is 2.64. The number of unbranched alkanes of at least 4 members (excludes halogenated alkanes) is 9. The molecule has 0 spiro atoms. The van der Waals surface area contributed by atoms with Crippen LogP contribution in [-0.2, 0) is 0 Å². The molecule has 0 amide bonds. The van der Waals surface area contributed by atoms with Crippen LogP contribution in [0.2, 0.25) is 0 Å². The minimum absolute atomic E-state index is 0.183. The summed E-state index contributed by atoms with van der Waals surface area (Å²) >= 11 is 8.55. The number of benzene rings is 1. The van der Waals surface area contributed by atoms with Crippen LogP contribution >= 0.6 is 28.1 Å². The molecule has 1 rings (SSSR count). The molecule has 4 nitrogen and oxygen atoms in total. The highest BCUT2D eigenvalue weighted by molar-refractivity contribution is 9.10. The Morgan fingerprint density at radius 2 is 1.69 bits per heavy atom. The van der Waals surface area contributed by atoms with Gasteiger partial charge in [-0.1, -0.05) is 80.6 Å². The number of hydrazone groups is 1. The first-order valence-corrected chi connectivity index (χ1v) is 10.9. The lowest BCUT2D eigenvalue weighted by Crippen LogP contribution is -2.32. The summed E-state index contributed by atoms with van der Waals surface area (Å²) in [5, 5.41) is 17.4. The monoisotopic (exact) mass is 441 g/mol. The summed E-state index contributed by atoms with van der Waals surface area (Å²) < 4.78 is 0.887. The van der Waals surface area contributed by atoms with Crippen molar-refractivity contribution < 1.29 is 5.11 Å². The van der Waals surface area contributed by atoms with E-state index < -0.39 is 0 Å². The maximum absolute atomic E-state index is 9.73. The Balaban J connectivity index is 2.00. The molecule has 0 aromatic heterocycles. The molecule has 0 saturated heterocycles.